The number of carbonyl (C=O) groups excluding carboxylic acids is 1. The van der Waals surface area contributed by atoms with E-state index in [0.29, 0.717) is 33.3 Å². The van der Waals surface area contributed by atoms with Gasteiger partial charge in [0.05, 0.1) is 21.8 Å². The van der Waals surface area contributed by atoms with Crippen molar-refractivity contribution in [1.82, 2.24) is 5.32 Å². The summed E-state index contributed by atoms with van der Waals surface area (Å²) in [6.45, 7) is 0.642. The van der Waals surface area contributed by atoms with Gasteiger partial charge < -0.3 is 10.2 Å². The Morgan fingerprint density at radius 3 is 2.35 bits per heavy atom. The first-order chi connectivity index (χ1) is 9.56. The van der Waals surface area contributed by atoms with Crippen LogP contribution in [0.3, 0.4) is 0 Å². The van der Waals surface area contributed by atoms with E-state index in [0.717, 1.165) is 25.7 Å². The number of nitrogens with one attached hydrogen (secondary N) is 1. The van der Waals surface area contributed by atoms with Gasteiger partial charge in [-0.1, -0.05) is 34.8 Å². The van der Waals surface area contributed by atoms with E-state index in [9.17, 15) is 4.79 Å². The van der Waals surface area contributed by atoms with E-state index in [-0.39, 0.29) is 11.9 Å². The van der Waals surface area contributed by atoms with Crippen LogP contribution in [0.1, 0.15) is 25.7 Å². The summed E-state index contributed by atoms with van der Waals surface area (Å²) in [4.78, 5) is 14.3. The van der Waals surface area contributed by atoms with Crippen LogP contribution in [0.25, 0.3) is 0 Å². The van der Waals surface area contributed by atoms with Gasteiger partial charge in [0.1, 0.15) is 0 Å². The summed E-state index contributed by atoms with van der Waals surface area (Å²) in [5.41, 5.74) is 0.574. The minimum Gasteiger partial charge on any atom is -0.308 e. The maximum Gasteiger partial charge on any atom is 0.244 e. The third-order valence-corrected chi connectivity index (χ3v) is 4.50. The number of halogens is 3. The average molecular weight is 334 g/mol. The van der Waals surface area contributed by atoms with Crippen molar-refractivity contribution in [3.63, 3.8) is 0 Å². The molecule has 2 fully saturated rings. The number of rotatable bonds is 3. The smallest absolute Gasteiger partial charge is 0.244 e. The van der Waals surface area contributed by atoms with E-state index in [4.69, 9.17) is 34.8 Å². The van der Waals surface area contributed by atoms with Gasteiger partial charge in [-0.2, -0.15) is 0 Å². The molecule has 2 aliphatic rings. The Kier molecular flexibility index (Phi) is 4.14. The molecule has 1 aromatic carbocycles. The van der Waals surface area contributed by atoms with Crippen LogP contribution in [-0.2, 0) is 4.79 Å². The summed E-state index contributed by atoms with van der Waals surface area (Å²) in [5, 5.41) is 4.70. The second-order valence-corrected chi connectivity index (χ2v) is 6.59. The predicted molar refractivity (Wildman–Crippen MR) is 83.0 cm³/mol. The van der Waals surface area contributed by atoms with Gasteiger partial charge in [-0.25, -0.2) is 0 Å². The van der Waals surface area contributed by atoms with Crippen LogP contribution in [0.4, 0.5) is 5.69 Å². The predicted octanol–water partition coefficient (Wildman–Crippen LogP) is 3.89. The lowest BCUT2D eigenvalue weighted by molar-refractivity contribution is -0.121. The Labute approximate surface area is 133 Å². The van der Waals surface area contributed by atoms with E-state index in [1.54, 1.807) is 17.0 Å². The fourth-order valence-electron chi connectivity index (χ4n) is 2.58. The number of hydrogen-bond acceptors (Lipinski definition) is 2. The molecule has 3 nitrogen and oxygen atoms in total. The van der Waals surface area contributed by atoms with Crippen molar-refractivity contribution in [3.05, 3.63) is 27.2 Å². The van der Waals surface area contributed by atoms with Crippen LogP contribution in [0, 0.1) is 0 Å². The second kappa shape index (κ2) is 5.72. The van der Waals surface area contributed by atoms with E-state index in [2.05, 4.69) is 5.32 Å². The lowest BCUT2D eigenvalue weighted by Crippen LogP contribution is -2.51. The Morgan fingerprint density at radius 1 is 1.10 bits per heavy atom. The topological polar surface area (TPSA) is 32.3 Å². The molecule has 1 saturated carbocycles. The zero-order valence-corrected chi connectivity index (χ0v) is 13.1. The quantitative estimate of drug-likeness (QED) is 0.910. The molecular formula is C14H15Cl3N2O. The molecule has 0 bridgehead atoms. The van der Waals surface area contributed by atoms with Crippen molar-refractivity contribution in [2.45, 2.75) is 37.8 Å². The highest BCUT2D eigenvalue weighted by molar-refractivity contribution is 6.42. The summed E-state index contributed by atoms with van der Waals surface area (Å²) in [7, 11) is 0. The molecule has 1 aliphatic heterocycles. The highest BCUT2D eigenvalue weighted by Gasteiger charge is 2.35. The summed E-state index contributed by atoms with van der Waals surface area (Å²) in [5.74, 6) is 0.0503. The number of hydrogen-bond donors (Lipinski definition) is 1. The van der Waals surface area contributed by atoms with Crippen LogP contribution < -0.4 is 10.2 Å². The third-order valence-electron chi connectivity index (χ3n) is 3.70. The van der Waals surface area contributed by atoms with Crippen molar-refractivity contribution in [3.8, 4) is 0 Å². The van der Waals surface area contributed by atoms with Gasteiger partial charge in [-0.05, 0) is 37.8 Å². The van der Waals surface area contributed by atoms with Gasteiger partial charge in [-0.3, -0.25) is 4.79 Å². The maximum absolute atomic E-state index is 12.6. The fraction of sp³-hybridized carbons (Fsp3) is 0.500. The number of piperidine rings is 1. The molecule has 1 atom stereocenters. The second-order valence-electron chi connectivity index (χ2n) is 5.34. The van der Waals surface area contributed by atoms with Gasteiger partial charge in [0.25, 0.3) is 0 Å². The summed E-state index contributed by atoms with van der Waals surface area (Å²) in [6.07, 6.45) is 4.12. The first-order valence-electron chi connectivity index (χ1n) is 6.78. The fourth-order valence-corrected chi connectivity index (χ4v) is 3.60. The zero-order chi connectivity index (χ0) is 14.3. The monoisotopic (exact) mass is 332 g/mol. The number of carbonyl (C=O) groups is 1. The van der Waals surface area contributed by atoms with Crippen LogP contribution in [-0.4, -0.2) is 24.5 Å². The molecule has 108 valence electrons. The van der Waals surface area contributed by atoms with E-state index in [1.807, 2.05) is 0 Å². The molecule has 1 unspecified atom stereocenters. The average Bonchev–Trinajstić information content (AvgIpc) is 3.16. The Morgan fingerprint density at radius 2 is 1.75 bits per heavy atom. The molecule has 3 rings (SSSR count). The number of anilines is 1. The lowest BCUT2D eigenvalue weighted by Gasteiger charge is -2.33. The number of amides is 1. The van der Waals surface area contributed by atoms with Gasteiger partial charge in [0.15, 0.2) is 0 Å². The van der Waals surface area contributed by atoms with E-state index < -0.39 is 0 Å². The minimum absolute atomic E-state index is 0.0503. The molecule has 0 aromatic heterocycles. The van der Waals surface area contributed by atoms with Crippen molar-refractivity contribution >= 4 is 46.4 Å². The van der Waals surface area contributed by atoms with Crippen molar-refractivity contribution < 1.29 is 4.79 Å². The normalized spacial score (nSPS) is 23.2. The van der Waals surface area contributed by atoms with Crippen LogP contribution in [0.15, 0.2) is 12.1 Å². The van der Waals surface area contributed by atoms with Crippen LogP contribution in [0.5, 0.6) is 0 Å². The van der Waals surface area contributed by atoms with Gasteiger partial charge in [0, 0.05) is 17.6 Å². The largest absolute Gasteiger partial charge is 0.308 e. The maximum atomic E-state index is 12.6. The molecule has 6 heteroatoms. The standard InChI is InChI=1S/C14H15Cl3N2O/c15-8-6-10(16)13(11(17)7-8)19-5-1-2-12(14(19)20)18-9-3-4-9/h6-7,9,12,18H,1-5H2. The van der Waals surface area contributed by atoms with Gasteiger partial charge in [0.2, 0.25) is 5.91 Å². The van der Waals surface area contributed by atoms with Gasteiger partial charge >= 0.3 is 0 Å². The highest BCUT2D eigenvalue weighted by atomic mass is 35.5. The first kappa shape index (κ1) is 14.5. The molecule has 1 saturated heterocycles. The summed E-state index contributed by atoms with van der Waals surface area (Å²) < 4.78 is 0. The molecule has 1 amide bonds. The molecule has 1 heterocycles. The van der Waals surface area contributed by atoms with Crippen LogP contribution in [0.2, 0.25) is 15.1 Å². The van der Waals surface area contributed by atoms with E-state index in [1.165, 1.54) is 0 Å². The molecule has 1 N–H and O–H groups in total. The number of nitrogens with zero attached hydrogens (tertiary/aromatic N) is 1. The van der Waals surface area contributed by atoms with Crippen molar-refractivity contribution in [2.24, 2.45) is 0 Å². The highest BCUT2D eigenvalue weighted by Crippen LogP contribution is 2.38. The zero-order valence-electron chi connectivity index (χ0n) is 10.8. The minimum atomic E-state index is -0.126. The van der Waals surface area contributed by atoms with E-state index >= 15 is 0 Å². The lowest BCUT2D eigenvalue weighted by atomic mass is 10.0. The summed E-state index contributed by atoms with van der Waals surface area (Å²) in [6, 6.07) is 3.62. The Balaban J connectivity index is 1.86. The van der Waals surface area contributed by atoms with Crippen LogP contribution >= 0.6 is 34.8 Å². The molecule has 20 heavy (non-hydrogen) atoms. The number of benzene rings is 1. The molecule has 1 aliphatic carbocycles. The van der Waals surface area contributed by atoms with Gasteiger partial charge in [-0.15, -0.1) is 0 Å². The molecular weight excluding hydrogens is 319 g/mol. The molecule has 0 spiro atoms. The summed E-state index contributed by atoms with van der Waals surface area (Å²) >= 11 is 18.4. The SMILES string of the molecule is O=C1C(NC2CC2)CCCN1c1c(Cl)cc(Cl)cc1Cl. The first-order valence-corrected chi connectivity index (χ1v) is 7.91. The molecule has 1 aromatic rings. The molecule has 0 radical (unpaired) electrons. The Hall–Kier alpha value is -0.480. The van der Waals surface area contributed by atoms with Crippen molar-refractivity contribution in [2.75, 3.05) is 11.4 Å². The third kappa shape index (κ3) is 2.91. The van der Waals surface area contributed by atoms with Crippen molar-refractivity contribution in [1.29, 1.82) is 0 Å². The Bertz CT molecular complexity index is 522.